The average Bonchev–Trinajstić information content (AvgIpc) is 2.85. The molecule has 0 saturated heterocycles. The molecule has 1 heterocycles. The van der Waals surface area contributed by atoms with Gasteiger partial charge in [0.2, 0.25) is 0 Å². The van der Waals surface area contributed by atoms with E-state index in [0.29, 0.717) is 11.3 Å². The number of thioether (sulfide) groups is 1. The third-order valence-electron chi connectivity index (χ3n) is 5.05. The highest BCUT2D eigenvalue weighted by atomic mass is 32.2. The number of hydrogen-bond acceptors (Lipinski definition) is 5. The predicted octanol–water partition coefficient (Wildman–Crippen LogP) is 8.10. The van der Waals surface area contributed by atoms with Crippen LogP contribution >= 0.6 is 20.1 Å². The summed E-state index contributed by atoms with van der Waals surface area (Å²) in [6.45, 7) is 4.23. The molecule has 0 spiro atoms. The van der Waals surface area contributed by atoms with Crippen molar-refractivity contribution in [3.63, 3.8) is 0 Å². The molecule has 0 fully saturated rings. The van der Waals surface area contributed by atoms with Gasteiger partial charge in [-0.05, 0) is 60.7 Å². The van der Waals surface area contributed by atoms with Gasteiger partial charge in [0.25, 0.3) is 8.38 Å². The maximum absolute atomic E-state index is 13.7. The van der Waals surface area contributed by atoms with Gasteiger partial charge >= 0.3 is 0 Å². The molecule has 0 aliphatic rings. The fraction of sp³-hybridized carbons (Fsp3) is 0.185. The number of rotatable bonds is 9. The molecule has 0 N–H and O–H groups in total. The van der Waals surface area contributed by atoms with Gasteiger partial charge in [0.05, 0.1) is 17.5 Å². The van der Waals surface area contributed by atoms with Gasteiger partial charge in [0.1, 0.15) is 17.3 Å². The Morgan fingerprint density at radius 2 is 1.38 bits per heavy atom. The Balaban J connectivity index is 1.79. The van der Waals surface area contributed by atoms with E-state index in [2.05, 4.69) is 13.8 Å². The summed E-state index contributed by atoms with van der Waals surface area (Å²) < 4.78 is 26.4. The minimum absolute atomic E-state index is 0.161. The molecule has 4 nitrogen and oxygen atoms in total. The summed E-state index contributed by atoms with van der Waals surface area (Å²) in [6.07, 6.45) is 2.44. The number of hydrogen-bond donors (Lipinski definition) is 0. The van der Waals surface area contributed by atoms with E-state index in [9.17, 15) is 4.39 Å². The van der Waals surface area contributed by atoms with E-state index in [1.807, 2.05) is 66.9 Å². The third kappa shape index (κ3) is 6.13. The number of halogens is 1. The zero-order chi connectivity index (χ0) is 23.9. The van der Waals surface area contributed by atoms with Gasteiger partial charge in [0, 0.05) is 11.1 Å². The Labute approximate surface area is 205 Å². The number of benzene rings is 3. The minimum Gasteiger partial charge on any atom is -0.438 e. The Hall–Kier alpha value is -2.95. The quantitative estimate of drug-likeness (QED) is 0.134. The summed E-state index contributed by atoms with van der Waals surface area (Å²) in [5.74, 6) is 1.35. The molecule has 34 heavy (non-hydrogen) atoms. The van der Waals surface area contributed by atoms with E-state index in [1.165, 1.54) is 23.9 Å². The van der Waals surface area contributed by atoms with Crippen LogP contribution in [0.4, 0.5) is 4.39 Å². The molecule has 0 amide bonds. The van der Waals surface area contributed by atoms with Crippen molar-refractivity contribution in [3.05, 3.63) is 102 Å². The molecule has 0 saturated carbocycles. The highest BCUT2D eigenvalue weighted by Crippen LogP contribution is 2.46. The van der Waals surface area contributed by atoms with Gasteiger partial charge < -0.3 is 9.05 Å². The second kappa shape index (κ2) is 11.5. The number of para-hydroxylation sites is 2. The molecule has 1 aromatic heterocycles. The first kappa shape index (κ1) is 24.2. The van der Waals surface area contributed by atoms with Crippen molar-refractivity contribution < 1.29 is 13.4 Å². The van der Waals surface area contributed by atoms with Crippen LogP contribution in [0.1, 0.15) is 31.0 Å². The molecule has 4 rings (SSSR count). The van der Waals surface area contributed by atoms with Crippen LogP contribution in [-0.4, -0.2) is 16.2 Å². The fourth-order valence-corrected chi connectivity index (χ4v) is 5.28. The first-order chi connectivity index (χ1) is 16.5. The van der Waals surface area contributed by atoms with Crippen LogP contribution in [0.2, 0.25) is 0 Å². The van der Waals surface area contributed by atoms with E-state index in [0.717, 1.165) is 34.0 Å². The lowest BCUT2D eigenvalue weighted by molar-refractivity contribution is 0.487. The maximum Gasteiger partial charge on any atom is 0.295 e. The highest BCUT2D eigenvalue weighted by Gasteiger charge is 2.25. The number of nitrogens with zero attached hydrogens (tertiary/aromatic N) is 2. The summed E-state index contributed by atoms with van der Waals surface area (Å²) in [7, 11) is -1.42. The Bertz CT molecular complexity index is 1170. The molecule has 0 aliphatic heterocycles. The first-order valence-corrected chi connectivity index (χ1v) is 13.6. The van der Waals surface area contributed by atoms with Gasteiger partial charge in [-0.1, -0.05) is 62.0 Å². The Morgan fingerprint density at radius 1 is 0.824 bits per heavy atom. The van der Waals surface area contributed by atoms with Crippen LogP contribution in [-0.2, 0) is 6.16 Å². The van der Waals surface area contributed by atoms with Gasteiger partial charge in [-0.2, -0.15) is 0 Å². The fourth-order valence-electron chi connectivity index (χ4n) is 3.46. The summed E-state index contributed by atoms with van der Waals surface area (Å²) in [5.41, 5.74) is 3.52. The van der Waals surface area contributed by atoms with E-state index < -0.39 is 8.38 Å². The molecule has 0 unspecified atom stereocenters. The second-order valence-corrected chi connectivity index (χ2v) is 10.0. The van der Waals surface area contributed by atoms with Gasteiger partial charge in [-0.15, -0.1) is 0 Å². The Kier molecular flexibility index (Phi) is 8.15. The molecular formula is C27H26FN2O2PS. The smallest absolute Gasteiger partial charge is 0.295 e. The molecular weight excluding hydrogens is 466 g/mol. The van der Waals surface area contributed by atoms with Crippen LogP contribution in [0, 0.1) is 5.82 Å². The van der Waals surface area contributed by atoms with Crippen molar-refractivity contribution in [1.82, 2.24) is 9.97 Å². The SMILES string of the molecule is CSc1nc(-c2ccc(F)cc2)c(CP(Oc2ccccc2)Oc2ccccc2)c(C(C)C)n1. The van der Waals surface area contributed by atoms with Crippen molar-refractivity contribution in [2.24, 2.45) is 0 Å². The normalized spacial score (nSPS) is 11.1. The standard InChI is InChI=1S/C27H26FN2O2PS/c1-19(2)25-24(26(30-27(29-25)34-3)20-14-16-21(28)17-15-20)18-33(31-22-10-6-4-7-11-22)32-23-12-8-5-9-13-23/h4-17,19H,18H2,1-3H3. The molecule has 3 aromatic carbocycles. The van der Waals surface area contributed by atoms with Crippen molar-refractivity contribution in [1.29, 1.82) is 0 Å². The largest absolute Gasteiger partial charge is 0.438 e. The summed E-state index contributed by atoms with van der Waals surface area (Å²) >= 11 is 1.49. The molecule has 174 valence electrons. The molecule has 0 radical (unpaired) electrons. The van der Waals surface area contributed by atoms with Crippen molar-refractivity contribution >= 4 is 20.1 Å². The summed E-state index contributed by atoms with van der Waals surface area (Å²) in [5, 5.41) is 0.684. The minimum atomic E-state index is -1.42. The van der Waals surface area contributed by atoms with Crippen LogP contribution in [0.3, 0.4) is 0 Å². The lowest BCUT2D eigenvalue weighted by Crippen LogP contribution is -2.09. The second-order valence-electron chi connectivity index (χ2n) is 7.88. The maximum atomic E-state index is 13.7. The van der Waals surface area contributed by atoms with E-state index in [-0.39, 0.29) is 11.7 Å². The van der Waals surface area contributed by atoms with Crippen molar-refractivity contribution in [2.75, 3.05) is 6.26 Å². The van der Waals surface area contributed by atoms with Gasteiger partial charge in [0.15, 0.2) is 5.16 Å². The van der Waals surface area contributed by atoms with E-state index in [4.69, 9.17) is 19.0 Å². The monoisotopic (exact) mass is 492 g/mol. The molecule has 4 aromatic rings. The third-order valence-corrected chi connectivity index (χ3v) is 7.00. The highest BCUT2D eigenvalue weighted by molar-refractivity contribution is 7.98. The molecule has 0 bridgehead atoms. The summed E-state index contributed by atoms with van der Waals surface area (Å²) in [6, 6.07) is 25.7. The van der Waals surface area contributed by atoms with Gasteiger partial charge in [-0.3, -0.25) is 0 Å². The molecule has 0 aliphatic carbocycles. The lowest BCUT2D eigenvalue weighted by Gasteiger charge is -2.22. The van der Waals surface area contributed by atoms with E-state index >= 15 is 0 Å². The van der Waals surface area contributed by atoms with Crippen molar-refractivity contribution in [2.45, 2.75) is 31.1 Å². The number of aromatic nitrogens is 2. The first-order valence-electron chi connectivity index (χ1n) is 11.0. The zero-order valence-electron chi connectivity index (χ0n) is 19.3. The lowest BCUT2D eigenvalue weighted by atomic mass is 10.00. The summed E-state index contributed by atoms with van der Waals surface area (Å²) in [4.78, 5) is 9.67. The van der Waals surface area contributed by atoms with Crippen molar-refractivity contribution in [3.8, 4) is 22.8 Å². The van der Waals surface area contributed by atoms with Crippen LogP contribution < -0.4 is 9.05 Å². The topological polar surface area (TPSA) is 44.2 Å². The van der Waals surface area contributed by atoms with Gasteiger partial charge in [-0.25, -0.2) is 14.4 Å². The van der Waals surface area contributed by atoms with Crippen LogP contribution in [0.25, 0.3) is 11.3 Å². The average molecular weight is 493 g/mol. The van der Waals surface area contributed by atoms with E-state index in [1.54, 1.807) is 12.1 Å². The predicted molar refractivity (Wildman–Crippen MR) is 138 cm³/mol. The molecule has 7 heteroatoms. The molecule has 0 atom stereocenters. The van der Waals surface area contributed by atoms with Crippen LogP contribution in [0.15, 0.2) is 90.1 Å². The Morgan fingerprint density at radius 3 is 1.88 bits per heavy atom. The zero-order valence-corrected chi connectivity index (χ0v) is 21.0. The van der Waals surface area contributed by atoms with Crippen LogP contribution in [0.5, 0.6) is 11.5 Å².